The van der Waals surface area contributed by atoms with E-state index in [9.17, 15) is 23.1 Å². The molecule has 0 saturated heterocycles. The lowest BCUT2D eigenvalue weighted by molar-refractivity contribution is -0.141. The first-order valence-corrected chi connectivity index (χ1v) is 10.6. The highest BCUT2D eigenvalue weighted by molar-refractivity contribution is 5.72. The van der Waals surface area contributed by atoms with Crippen molar-refractivity contribution < 1.29 is 27.8 Å². The van der Waals surface area contributed by atoms with Gasteiger partial charge in [-0.1, -0.05) is 48.5 Å². The van der Waals surface area contributed by atoms with Gasteiger partial charge in [0, 0.05) is 18.8 Å². The van der Waals surface area contributed by atoms with E-state index in [0.717, 1.165) is 28.8 Å². The highest BCUT2D eigenvalue weighted by Crippen LogP contribution is 2.31. The van der Waals surface area contributed by atoms with Crippen molar-refractivity contribution in [3.63, 3.8) is 0 Å². The van der Waals surface area contributed by atoms with E-state index in [0.29, 0.717) is 24.3 Å². The zero-order valence-electron chi connectivity index (χ0n) is 18.1. The number of aromatic nitrogens is 1. The van der Waals surface area contributed by atoms with Crippen LogP contribution in [-0.2, 0) is 24.0 Å². The molecule has 0 unspecified atom stereocenters. The fourth-order valence-electron chi connectivity index (χ4n) is 3.63. The second-order valence-electron chi connectivity index (χ2n) is 7.89. The SMILES string of the molecule is O=C(O)[C@H](Cc1ccc(OCc2ccc(-c3ccc(C(F)(F)F)cc3)cc2)cc1)n1cccc1. The normalized spacial score (nSPS) is 12.3. The topological polar surface area (TPSA) is 51.5 Å². The molecule has 174 valence electrons. The predicted molar refractivity (Wildman–Crippen MR) is 122 cm³/mol. The minimum atomic E-state index is -4.35. The van der Waals surface area contributed by atoms with Crippen molar-refractivity contribution in [3.05, 3.63) is 114 Å². The zero-order chi connectivity index (χ0) is 24.1. The van der Waals surface area contributed by atoms with E-state index < -0.39 is 23.8 Å². The quantitative estimate of drug-likeness (QED) is 0.318. The molecule has 0 radical (unpaired) electrons. The highest BCUT2D eigenvalue weighted by atomic mass is 19.4. The Morgan fingerprint density at radius 1 is 0.824 bits per heavy atom. The summed E-state index contributed by atoms with van der Waals surface area (Å²) in [7, 11) is 0. The minimum absolute atomic E-state index is 0.327. The summed E-state index contributed by atoms with van der Waals surface area (Å²) < 4.78 is 45.7. The summed E-state index contributed by atoms with van der Waals surface area (Å²) in [6.45, 7) is 0.327. The maximum Gasteiger partial charge on any atom is 0.416 e. The number of carboxylic acid groups (broad SMARTS) is 1. The molecule has 0 aliphatic carbocycles. The molecule has 1 heterocycles. The van der Waals surface area contributed by atoms with Crippen LogP contribution in [0.15, 0.2) is 97.3 Å². The first-order chi connectivity index (χ1) is 16.3. The number of rotatable bonds is 8. The van der Waals surface area contributed by atoms with Crippen LogP contribution in [0, 0.1) is 0 Å². The van der Waals surface area contributed by atoms with Crippen molar-refractivity contribution in [3.8, 4) is 16.9 Å². The summed E-state index contributed by atoms with van der Waals surface area (Å²) in [4.78, 5) is 11.6. The molecular weight excluding hydrogens is 443 g/mol. The second-order valence-corrected chi connectivity index (χ2v) is 7.89. The van der Waals surface area contributed by atoms with Gasteiger partial charge in [-0.25, -0.2) is 4.79 Å². The van der Waals surface area contributed by atoms with Crippen molar-refractivity contribution in [2.75, 3.05) is 0 Å². The first-order valence-electron chi connectivity index (χ1n) is 10.6. The molecule has 4 rings (SSSR count). The van der Waals surface area contributed by atoms with Gasteiger partial charge in [0.1, 0.15) is 18.4 Å². The predicted octanol–water partition coefficient (Wildman–Crippen LogP) is 6.62. The number of carboxylic acids is 1. The number of hydrogen-bond acceptors (Lipinski definition) is 2. The molecule has 4 nitrogen and oxygen atoms in total. The number of halogens is 3. The van der Waals surface area contributed by atoms with Crippen molar-refractivity contribution >= 4 is 5.97 Å². The van der Waals surface area contributed by atoms with Crippen LogP contribution in [0.3, 0.4) is 0 Å². The van der Waals surface area contributed by atoms with Crippen LogP contribution in [-0.4, -0.2) is 15.6 Å². The van der Waals surface area contributed by atoms with Gasteiger partial charge in [-0.15, -0.1) is 0 Å². The number of benzene rings is 3. The maximum absolute atomic E-state index is 12.7. The molecule has 7 heteroatoms. The molecule has 0 aliphatic heterocycles. The van der Waals surface area contributed by atoms with E-state index in [-0.39, 0.29) is 0 Å². The lowest BCUT2D eigenvalue weighted by Crippen LogP contribution is -2.20. The minimum Gasteiger partial charge on any atom is -0.489 e. The lowest BCUT2D eigenvalue weighted by Gasteiger charge is -2.15. The Balaban J connectivity index is 1.34. The maximum atomic E-state index is 12.7. The van der Waals surface area contributed by atoms with Gasteiger partial charge < -0.3 is 14.4 Å². The zero-order valence-corrected chi connectivity index (χ0v) is 18.1. The average Bonchev–Trinajstić information content (AvgIpc) is 3.36. The number of aliphatic carboxylic acids is 1. The monoisotopic (exact) mass is 465 g/mol. The molecule has 3 aromatic carbocycles. The molecule has 0 saturated carbocycles. The Labute approximate surface area is 194 Å². The Morgan fingerprint density at radius 3 is 1.88 bits per heavy atom. The van der Waals surface area contributed by atoms with Crippen LogP contribution in [0.1, 0.15) is 22.7 Å². The van der Waals surface area contributed by atoms with E-state index in [4.69, 9.17) is 4.74 Å². The summed E-state index contributed by atoms with van der Waals surface area (Å²) in [6.07, 6.45) is -0.521. The first kappa shape index (κ1) is 23.2. The van der Waals surface area contributed by atoms with Crippen LogP contribution < -0.4 is 4.74 Å². The number of hydrogen-bond donors (Lipinski definition) is 1. The summed E-state index contributed by atoms with van der Waals surface area (Å²) >= 11 is 0. The van der Waals surface area contributed by atoms with E-state index in [1.807, 2.05) is 36.4 Å². The van der Waals surface area contributed by atoms with Gasteiger partial charge in [-0.05, 0) is 58.7 Å². The Bertz CT molecular complexity index is 1210. The van der Waals surface area contributed by atoms with Crippen LogP contribution in [0.2, 0.25) is 0 Å². The van der Waals surface area contributed by atoms with Crippen LogP contribution in [0.25, 0.3) is 11.1 Å². The molecule has 4 aromatic rings. The summed E-state index contributed by atoms with van der Waals surface area (Å²) in [6, 6.07) is 22.7. The Hall–Kier alpha value is -4.00. The largest absolute Gasteiger partial charge is 0.489 e. The molecule has 1 atom stereocenters. The van der Waals surface area contributed by atoms with Crippen LogP contribution in [0.4, 0.5) is 13.2 Å². The van der Waals surface area contributed by atoms with Crippen LogP contribution >= 0.6 is 0 Å². The van der Waals surface area contributed by atoms with Gasteiger partial charge in [-0.3, -0.25) is 0 Å². The molecule has 1 aromatic heterocycles. The number of carbonyl (C=O) groups is 1. The summed E-state index contributed by atoms with van der Waals surface area (Å²) in [5, 5.41) is 9.52. The van der Waals surface area contributed by atoms with E-state index in [1.165, 1.54) is 12.1 Å². The molecule has 0 fully saturated rings. The Kier molecular flexibility index (Phi) is 6.72. The summed E-state index contributed by atoms with van der Waals surface area (Å²) in [5.41, 5.74) is 2.65. The van der Waals surface area contributed by atoms with Gasteiger partial charge in [0.05, 0.1) is 5.56 Å². The Morgan fingerprint density at radius 2 is 1.35 bits per heavy atom. The molecule has 0 aliphatic rings. The molecule has 0 spiro atoms. The molecule has 0 bridgehead atoms. The summed E-state index contributed by atoms with van der Waals surface area (Å²) in [5.74, 6) is -0.236. The van der Waals surface area contributed by atoms with Gasteiger partial charge in [0.25, 0.3) is 0 Å². The third-order valence-electron chi connectivity index (χ3n) is 5.53. The van der Waals surface area contributed by atoms with Crippen molar-refractivity contribution in [2.45, 2.75) is 25.2 Å². The average molecular weight is 465 g/mol. The highest BCUT2D eigenvalue weighted by Gasteiger charge is 2.29. The molecule has 34 heavy (non-hydrogen) atoms. The van der Waals surface area contributed by atoms with E-state index in [2.05, 4.69) is 0 Å². The fourth-order valence-corrected chi connectivity index (χ4v) is 3.63. The lowest BCUT2D eigenvalue weighted by atomic mass is 10.0. The number of ether oxygens (including phenoxy) is 1. The number of alkyl halides is 3. The molecular formula is C27H22F3NO3. The van der Waals surface area contributed by atoms with E-state index in [1.54, 1.807) is 41.2 Å². The third kappa shape index (κ3) is 5.67. The second kappa shape index (κ2) is 9.87. The molecule has 1 N–H and O–H groups in total. The standard InChI is InChI=1S/C27H22F3NO3/c28-27(29,30)23-11-9-22(10-12-23)21-7-3-20(4-8-21)18-34-24-13-5-19(6-14-24)17-25(26(32)33)31-15-1-2-16-31/h1-16,25H,17-18H2,(H,32,33)/t25-/m0/s1. The fraction of sp³-hybridized carbons (Fsp3) is 0.148. The van der Waals surface area contributed by atoms with Crippen molar-refractivity contribution in [1.82, 2.24) is 4.57 Å². The van der Waals surface area contributed by atoms with E-state index >= 15 is 0 Å². The molecule has 0 amide bonds. The van der Waals surface area contributed by atoms with Gasteiger partial charge >= 0.3 is 12.1 Å². The third-order valence-corrected chi connectivity index (χ3v) is 5.53. The van der Waals surface area contributed by atoms with Crippen molar-refractivity contribution in [1.29, 1.82) is 0 Å². The smallest absolute Gasteiger partial charge is 0.416 e. The van der Waals surface area contributed by atoms with Gasteiger partial charge in [-0.2, -0.15) is 13.2 Å². The van der Waals surface area contributed by atoms with Crippen LogP contribution in [0.5, 0.6) is 5.75 Å². The number of nitrogens with zero attached hydrogens (tertiary/aromatic N) is 1. The van der Waals surface area contributed by atoms with Crippen molar-refractivity contribution in [2.24, 2.45) is 0 Å². The van der Waals surface area contributed by atoms with Gasteiger partial charge in [0.15, 0.2) is 0 Å². The van der Waals surface area contributed by atoms with Gasteiger partial charge in [0.2, 0.25) is 0 Å².